The van der Waals surface area contributed by atoms with Crippen molar-refractivity contribution in [3.05, 3.63) is 39.2 Å². The first-order chi connectivity index (χ1) is 16.3. The number of hydrogen-bond donors (Lipinski definition) is 1. The van der Waals surface area contributed by atoms with Gasteiger partial charge in [0, 0.05) is 37.5 Å². The molecule has 2 aromatic rings. The van der Waals surface area contributed by atoms with Crippen LogP contribution in [0.25, 0.3) is 11.0 Å². The number of likely N-dealkylation sites (N-methyl/N-ethyl adjacent to an activating group) is 1. The molecule has 0 radical (unpaired) electrons. The lowest BCUT2D eigenvalue weighted by Gasteiger charge is -2.17. The van der Waals surface area contributed by atoms with E-state index in [1.807, 2.05) is 0 Å². The van der Waals surface area contributed by atoms with Crippen LogP contribution in [0, 0.1) is 0 Å². The predicted molar refractivity (Wildman–Crippen MR) is 136 cm³/mol. The van der Waals surface area contributed by atoms with Crippen LogP contribution >= 0.6 is 11.6 Å². The number of carbonyl (C=O) groups excluding carboxylic acids is 2. The van der Waals surface area contributed by atoms with E-state index in [1.165, 1.54) is 76.5 Å². The summed E-state index contributed by atoms with van der Waals surface area (Å²) in [5.74, 6) is -0.620. The molecule has 1 heterocycles. The van der Waals surface area contributed by atoms with Crippen LogP contribution in [0.4, 0.5) is 0 Å². The van der Waals surface area contributed by atoms with Gasteiger partial charge in [-0.05, 0) is 31.6 Å². The van der Waals surface area contributed by atoms with Crippen LogP contribution in [-0.2, 0) is 16.0 Å². The molecular formula is C26H37ClN2O5. The zero-order chi connectivity index (χ0) is 24.9. The van der Waals surface area contributed by atoms with Crippen molar-refractivity contribution in [1.82, 2.24) is 10.2 Å². The number of nitrogens with one attached hydrogen (secondary N) is 1. The number of fused-ring (bicyclic) bond motifs is 1. The van der Waals surface area contributed by atoms with Gasteiger partial charge in [0.1, 0.15) is 5.58 Å². The number of halogens is 1. The van der Waals surface area contributed by atoms with Crippen molar-refractivity contribution in [1.29, 1.82) is 0 Å². The predicted octanol–water partition coefficient (Wildman–Crippen LogP) is 5.10. The molecule has 0 aliphatic rings. The van der Waals surface area contributed by atoms with Gasteiger partial charge in [0.15, 0.2) is 5.75 Å². The van der Waals surface area contributed by atoms with E-state index in [4.69, 9.17) is 20.8 Å². The van der Waals surface area contributed by atoms with E-state index >= 15 is 0 Å². The molecule has 0 saturated carbocycles. The zero-order valence-electron chi connectivity index (χ0n) is 20.6. The molecule has 0 aliphatic heterocycles. The summed E-state index contributed by atoms with van der Waals surface area (Å²) in [5, 5.41) is 3.64. The summed E-state index contributed by atoms with van der Waals surface area (Å²) in [6.07, 6.45) is 10.4. The molecule has 0 spiro atoms. The molecule has 188 valence electrons. The minimum atomic E-state index is -0.587. The van der Waals surface area contributed by atoms with Gasteiger partial charge in [-0.3, -0.25) is 9.59 Å². The lowest BCUT2D eigenvalue weighted by molar-refractivity contribution is -0.131. The minimum Gasteiger partial charge on any atom is -0.425 e. The summed E-state index contributed by atoms with van der Waals surface area (Å²) in [6, 6.07) is 4.22. The van der Waals surface area contributed by atoms with Gasteiger partial charge >= 0.3 is 11.6 Å². The quantitative estimate of drug-likeness (QED) is 0.161. The maximum Gasteiger partial charge on any atom is 0.336 e. The Morgan fingerprint density at radius 1 is 1.03 bits per heavy atom. The van der Waals surface area contributed by atoms with Crippen LogP contribution in [0.2, 0.25) is 5.02 Å². The molecule has 0 bridgehead atoms. The molecule has 8 heteroatoms. The Morgan fingerprint density at radius 3 is 2.38 bits per heavy atom. The summed E-state index contributed by atoms with van der Waals surface area (Å²) >= 11 is 6.20. The molecule has 1 aromatic heterocycles. The van der Waals surface area contributed by atoms with Crippen molar-refractivity contribution >= 4 is 34.4 Å². The lowest BCUT2D eigenvalue weighted by atomic mass is 10.1. The Labute approximate surface area is 206 Å². The summed E-state index contributed by atoms with van der Waals surface area (Å²) in [6.45, 7) is 5.80. The third-order valence-corrected chi connectivity index (χ3v) is 5.99. The minimum absolute atomic E-state index is 0.0209. The summed E-state index contributed by atoms with van der Waals surface area (Å²) < 4.78 is 10.2. The van der Waals surface area contributed by atoms with Gasteiger partial charge in [-0.1, -0.05) is 63.5 Å². The first-order valence-electron chi connectivity index (χ1n) is 12.2. The van der Waals surface area contributed by atoms with Crippen molar-refractivity contribution in [2.24, 2.45) is 0 Å². The highest BCUT2D eigenvalue weighted by Crippen LogP contribution is 2.31. The Hall–Kier alpha value is -2.38. The maximum absolute atomic E-state index is 12.5. The van der Waals surface area contributed by atoms with Gasteiger partial charge in [0.2, 0.25) is 5.91 Å². The van der Waals surface area contributed by atoms with Gasteiger partial charge in [-0.2, -0.15) is 0 Å². The second kappa shape index (κ2) is 14.8. The van der Waals surface area contributed by atoms with Crippen molar-refractivity contribution in [3.63, 3.8) is 0 Å². The van der Waals surface area contributed by atoms with Crippen LogP contribution in [0.3, 0.4) is 0 Å². The fraction of sp³-hybridized carbons (Fsp3) is 0.577. The molecule has 1 amide bonds. The number of carbonyl (C=O) groups is 2. The van der Waals surface area contributed by atoms with Crippen LogP contribution < -0.4 is 15.7 Å². The maximum atomic E-state index is 12.5. The molecule has 1 N–H and O–H groups in total. The molecule has 0 atom stereocenters. The van der Waals surface area contributed by atoms with Gasteiger partial charge < -0.3 is 19.4 Å². The highest BCUT2D eigenvalue weighted by molar-refractivity contribution is 6.33. The number of ether oxygens (including phenoxy) is 1. The Morgan fingerprint density at radius 2 is 1.71 bits per heavy atom. The summed E-state index contributed by atoms with van der Waals surface area (Å²) in [7, 11) is 2.06. The number of unbranched alkanes of at least 4 members (excludes halogenated alkanes) is 7. The largest absolute Gasteiger partial charge is 0.425 e. The smallest absolute Gasteiger partial charge is 0.336 e. The van der Waals surface area contributed by atoms with E-state index in [-0.39, 0.29) is 28.7 Å². The topological polar surface area (TPSA) is 88.8 Å². The number of rotatable bonds is 15. The molecular weight excluding hydrogens is 456 g/mol. The average Bonchev–Trinajstić information content (AvgIpc) is 2.76. The van der Waals surface area contributed by atoms with E-state index < -0.39 is 11.6 Å². The average molecular weight is 493 g/mol. The SMILES string of the molecule is CCCCCCCCCCN(C)CCNC(=O)Cc1cc(=O)oc2cc(OC(C)=O)c(Cl)cc12. The first kappa shape index (κ1) is 27.9. The number of esters is 1. The van der Waals surface area contributed by atoms with Crippen LogP contribution in [0.15, 0.2) is 27.4 Å². The molecule has 7 nitrogen and oxygen atoms in total. The van der Waals surface area contributed by atoms with Crippen LogP contribution in [-0.4, -0.2) is 43.5 Å². The highest BCUT2D eigenvalue weighted by Gasteiger charge is 2.14. The van der Waals surface area contributed by atoms with E-state index in [0.717, 1.165) is 13.1 Å². The Kier molecular flexibility index (Phi) is 12.1. The highest BCUT2D eigenvalue weighted by atomic mass is 35.5. The van der Waals surface area contributed by atoms with Crippen molar-refractivity contribution in [2.75, 3.05) is 26.7 Å². The third-order valence-electron chi connectivity index (χ3n) is 5.70. The molecule has 0 unspecified atom stereocenters. The molecule has 0 aliphatic carbocycles. The van der Waals surface area contributed by atoms with Gasteiger partial charge in [0.25, 0.3) is 0 Å². The van der Waals surface area contributed by atoms with E-state index in [9.17, 15) is 14.4 Å². The molecule has 1 aromatic carbocycles. The Balaban J connectivity index is 1.79. The Bertz CT molecular complexity index is 1000. The molecule has 2 rings (SSSR count). The number of nitrogens with zero attached hydrogens (tertiary/aromatic N) is 1. The van der Waals surface area contributed by atoms with Crippen molar-refractivity contribution < 1.29 is 18.7 Å². The fourth-order valence-electron chi connectivity index (χ4n) is 3.86. The van der Waals surface area contributed by atoms with Gasteiger partial charge in [-0.25, -0.2) is 4.79 Å². The van der Waals surface area contributed by atoms with Gasteiger partial charge in [0.05, 0.1) is 11.4 Å². The van der Waals surface area contributed by atoms with Crippen molar-refractivity contribution in [2.45, 2.75) is 71.6 Å². The molecule has 0 fully saturated rings. The standard InChI is InChI=1S/C26H37ClN2O5/c1-4-5-6-7-8-9-10-11-13-29(3)14-12-28-25(31)15-20-16-26(32)34-23-18-24(33-19(2)30)22(27)17-21(20)23/h16-18H,4-15H2,1-3H3,(H,28,31). The summed E-state index contributed by atoms with van der Waals surface area (Å²) in [4.78, 5) is 37.9. The molecule has 34 heavy (non-hydrogen) atoms. The second-order valence-corrected chi connectivity index (χ2v) is 9.18. The monoisotopic (exact) mass is 492 g/mol. The van der Waals surface area contributed by atoms with E-state index in [2.05, 4.69) is 24.2 Å². The van der Waals surface area contributed by atoms with Gasteiger partial charge in [-0.15, -0.1) is 0 Å². The molecule has 0 saturated heterocycles. The number of amides is 1. The first-order valence-corrected chi connectivity index (χ1v) is 12.6. The second-order valence-electron chi connectivity index (χ2n) is 8.77. The van der Waals surface area contributed by atoms with Crippen molar-refractivity contribution in [3.8, 4) is 5.75 Å². The number of benzene rings is 1. The summed E-state index contributed by atoms with van der Waals surface area (Å²) in [5.41, 5.74) is 0.129. The normalized spacial score (nSPS) is 11.2. The zero-order valence-corrected chi connectivity index (χ0v) is 21.3. The van der Waals surface area contributed by atoms with E-state index in [1.54, 1.807) is 0 Å². The van der Waals surface area contributed by atoms with Crippen LogP contribution in [0.5, 0.6) is 5.75 Å². The third kappa shape index (κ3) is 9.85. The fourth-order valence-corrected chi connectivity index (χ4v) is 4.06. The lowest BCUT2D eigenvalue weighted by Crippen LogP contribution is -2.34. The number of hydrogen-bond acceptors (Lipinski definition) is 6. The van der Waals surface area contributed by atoms with Crippen LogP contribution in [0.1, 0.15) is 70.8 Å². The van der Waals surface area contributed by atoms with E-state index in [0.29, 0.717) is 17.5 Å².